The number of pyridine rings is 2. The predicted molar refractivity (Wildman–Crippen MR) is 87.5 cm³/mol. The van der Waals surface area contributed by atoms with Crippen molar-refractivity contribution in [1.82, 2.24) is 9.97 Å². The smallest absolute Gasteiger partial charge is 0.202 e. The fraction of sp³-hybridized carbons (Fsp3) is 0.353. The summed E-state index contributed by atoms with van der Waals surface area (Å²) >= 11 is 0. The molecule has 0 bridgehead atoms. The summed E-state index contributed by atoms with van der Waals surface area (Å²) < 4.78 is 0. The molecule has 0 radical (unpaired) electrons. The van der Waals surface area contributed by atoms with E-state index in [0.717, 1.165) is 50.1 Å². The number of guanidine groups is 1. The third-order valence-electron chi connectivity index (χ3n) is 4.50. The second-order valence-corrected chi connectivity index (χ2v) is 5.84. The molecular formula is C17H19N5. The van der Waals surface area contributed by atoms with Gasteiger partial charge in [-0.1, -0.05) is 0 Å². The van der Waals surface area contributed by atoms with Crippen LogP contribution >= 0.6 is 0 Å². The Morgan fingerprint density at radius 3 is 1.86 bits per heavy atom. The first-order valence-electron chi connectivity index (χ1n) is 7.84. The number of nitrogens with one attached hydrogen (secondary N) is 1. The van der Waals surface area contributed by atoms with E-state index in [0.29, 0.717) is 5.96 Å². The molecule has 0 saturated carbocycles. The Morgan fingerprint density at radius 1 is 0.864 bits per heavy atom. The van der Waals surface area contributed by atoms with Gasteiger partial charge in [0.1, 0.15) is 0 Å². The largest absolute Gasteiger partial charge is 0.312 e. The Hall–Kier alpha value is -2.43. The van der Waals surface area contributed by atoms with Crippen LogP contribution in [0.4, 0.5) is 11.4 Å². The van der Waals surface area contributed by atoms with Gasteiger partial charge in [-0.3, -0.25) is 15.4 Å². The van der Waals surface area contributed by atoms with Crippen LogP contribution in [0.5, 0.6) is 0 Å². The number of aromatic nitrogens is 2. The topological polar surface area (TPSA) is 56.1 Å². The van der Waals surface area contributed by atoms with Crippen LogP contribution in [-0.2, 0) is 12.8 Å². The van der Waals surface area contributed by atoms with Crippen LogP contribution in [0.15, 0.2) is 36.9 Å². The van der Waals surface area contributed by atoms with Gasteiger partial charge in [-0.2, -0.15) is 0 Å². The molecule has 1 N–H and O–H groups in total. The minimum absolute atomic E-state index is 0.569. The second-order valence-electron chi connectivity index (χ2n) is 5.84. The fourth-order valence-electron chi connectivity index (χ4n) is 3.43. The highest BCUT2D eigenvalue weighted by molar-refractivity contribution is 6.06. The molecule has 4 rings (SSSR count). The van der Waals surface area contributed by atoms with Gasteiger partial charge >= 0.3 is 0 Å². The van der Waals surface area contributed by atoms with Gasteiger partial charge in [-0.05, 0) is 48.9 Å². The van der Waals surface area contributed by atoms with Crippen LogP contribution in [0.1, 0.15) is 24.0 Å². The minimum atomic E-state index is 0.569. The van der Waals surface area contributed by atoms with Crippen LogP contribution in [0.2, 0.25) is 0 Å². The molecule has 0 spiro atoms. The van der Waals surface area contributed by atoms with Crippen molar-refractivity contribution in [2.45, 2.75) is 25.7 Å². The molecule has 0 atom stereocenters. The van der Waals surface area contributed by atoms with E-state index in [1.165, 1.54) is 11.1 Å². The lowest BCUT2D eigenvalue weighted by Crippen LogP contribution is -2.48. The van der Waals surface area contributed by atoms with Gasteiger partial charge in [-0.25, -0.2) is 0 Å². The monoisotopic (exact) mass is 293 g/mol. The van der Waals surface area contributed by atoms with Crippen LogP contribution < -0.4 is 9.80 Å². The fourth-order valence-corrected chi connectivity index (χ4v) is 3.43. The van der Waals surface area contributed by atoms with Crippen LogP contribution in [-0.4, -0.2) is 29.0 Å². The number of hydrogen-bond acceptors (Lipinski definition) is 3. The molecule has 0 amide bonds. The molecule has 2 aliphatic rings. The standard InChI is InChI=1S/C17H19N5/c18-17(21-9-1-3-13-11-19-7-5-15(13)21)22-10-2-4-14-12-20-8-6-16(14)22/h5-8,11-12,18H,1-4,9-10H2. The minimum Gasteiger partial charge on any atom is -0.312 e. The first-order valence-corrected chi connectivity index (χ1v) is 7.84. The summed E-state index contributed by atoms with van der Waals surface area (Å²) in [4.78, 5) is 12.7. The first kappa shape index (κ1) is 13.2. The molecule has 4 heterocycles. The molecule has 0 saturated heterocycles. The maximum Gasteiger partial charge on any atom is 0.202 e. The molecule has 112 valence electrons. The van der Waals surface area contributed by atoms with E-state index in [1.54, 1.807) is 0 Å². The van der Waals surface area contributed by atoms with Crippen molar-refractivity contribution in [2.75, 3.05) is 22.9 Å². The summed E-state index contributed by atoms with van der Waals surface area (Å²) in [5.41, 5.74) is 4.75. The number of aryl methyl sites for hydroxylation is 2. The molecule has 22 heavy (non-hydrogen) atoms. The number of anilines is 2. The summed E-state index contributed by atoms with van der Waals surface area (Å²) in [6, 6.07) is 4.06. The van der Waals surface area contributed by atoms with Crippen LogP contribution in [0.25, 0.3) is 0 Å². The average molecular weight is 293 g/mol. The Kier molecular flexibility index (Phi) is 3.25. The number of rotatable bonds is 0. The van der Waals surface area contributed by atoms with Gasteiger partial charge in [0.2, 0.25) is 5.96 Å². The van der Waals surface area contributed by atoms with Crippen molar-refractivity contribution in [3.63, 3.8) is 0 Å². The Labute approximate surface area is 130 Å². The second kappa shape index (κ2) is 5.40. The van der Waals surface area contributed by atoms with E-state index < -0.39 is 0 Å². The summed E-state index contributed by atoms with van der Waals surface area (Å²) in [5.74, 6) is 0.569. The summed E-state index contributed by atoms with van der Waals surface area (Å²) in [6.45, 7) is 1.79. The predicted octanol–water partition coefficient (Wildman–Crippen LogP) is 2.62. The third kappa shape index (κ3) is 2.13. The molecule has 0 aromatic carbocycles. The zero-order valence-corrected chi connectivity index (χ0v) is 12.5. The Morgan fingerprint density at radius 2 is 1.36 bits per heavy atom. The van der Waals surface area contributed by atoms with E-state index in [1.807, 2.05) is 36.9 Å². The molecule has 5 nitrogen and oxygen atoms in total. The van der Waals surface area contributed by atoms with E-state index >= 15 is 0 Å². The lowest BCUT2D eigenvalue weighted by Gasteiger charge is -2.38. The zero-order valence-electron chi connectivity index (χ0n) is 12.5. The van der Waals surface area contributed by atoms with E-state index in [2.05, 4.69) is 19.8 Å². The zero-order chi connectivity index (χ0) is 14.9. The Bertz CT molecular complexity index is 652. The Balaban J connectivity index is 1.69. The van der Waals surface area contributed by atoms with Crippen molar-refractivity contribution in [3.8, 4) is 0 Å². The van der Waals surface area contributed by atoms with Crippen molar-refractivity contribution in [3.05, 3.63) is 48.0 Å². The van der Waals surface area contributed by atoms with Crippen LogP contribution in [0.3, 0.4) is 0 Å². The van der Waals surface area contributed by atoms with Gasteiger partial charge in [0, 0.05) is 37.9 Å². The molecule has 2 aromatic heterocycles. The van der Waals surface area contributed by atoms with Crippen molar-refractivity contribution < 1.29 is 0 Å². The van der Waals surface area contributed by atoms with Gasteiger partial charge in [-0.15, -0.1) is 0 Å². The molecular weight excluding hydrogens is 274 g/mol. The van der Waals surface area contributed by atoms with E-state index in [4.69, 9.17) is 5.41 Å². The van der Waals surface area contributed by atoms with Crippen molar-refractivity contribution in [1.29, 1.82) is 5.41 Å². The van der Waals surface area contributed by atoms with Gasteiger partial charge in [0.05, 0.1) is 11.4 Å². The van der Waals surface area contributed by atoms with Gasteiger partial charge in [0.25, 0.3) is 0 Å². The molecule has 0 aliphatic carbocycles. The maximum atomic E-state index is 8.75. The highest BCUT2D eigenvalue weighted by Gasteiger charge is 2.27. The third-order valence-corrected chi connectivity index (χ3v) is 4.50. The number of hydrogen-bond donors (Lipinski definition) is 1. The van der Waals surface area contributed by atoms with Crippen molar-refractivity contribution in [2.24, 2.45) is 0 Å². The van der Waals surface area contributed by atoms with E-state index in [9.17, 15) is 0 Å². The number of fused-ring (bicyclic) bond motifs is 2. The van der Waals surface area contributed by atoms with Crippen molar-refractivity contribution >= 4 is 17.3 Å². The molecule has 0 fully saturated rings. The van der Waals surface area contributed by atoms with E-state index in [-0.39, 0.29) is 0 Å². The maximum absolute atomic E-state index is 8.75. The highest BCUT2D eigenvalue weighted by atomic mass is 15.4. The summed E-state index contributed by atoms with van der Waals surface area (Å²) in [7, 11) is 0. The van der Waals surface area contributed by atoms with Gasteiger partial charge in [0.15, 0.2) is 0 Å². The summed E-state index contributed by atoms with van der Waals surface area (Å²) in [5, 5.41) is 8.75. The summed E-state index contributed by atoms with van der Waals surface area (Å²) in [6.07, 6.45) is 11.7. The molecule has 0 unspecified atom stereocenters. The van der Waals surface area contributed by atoms with Crippen LogP contribution in [0, 0.1) is 5.41 Å². The normalized spacial score (nSPS) is 16.9. The SMILES string of the molecule is N=C(N1CCCc2cnccc21)N1CCCc2cnccc21. The average Bonchev–Trinajstić information content (AvgIpc) is 2.60. The number of nitrogens with zero attached hydrogens (tertiary/aromatic N) is 4. The first-order chi connectivity index (χ1) is 10.8. The molecule has 5 heteroatoms. The molecule has 2 aliphatic heterocycles. The molecule has 2 aromatic rings. The lowest BCUT2D eigenvalue weighted by atomic mass is 10.0. The quantitative estimate of drug-likeness (QED) is 0.599. The lowest BCUT2D eigenvalue weighted by molar-refractivity contribution is 0.735. The highest BCUT2D eigenvalue weighted by Crippen LogP contribution is 2.31. The van der Waals surface area contributed by atoms with Gasteiger partial charge < -0.3 is 9.80 Å².